The SMILES string of the molecule is CC(C)N1CCC(NC(=O)N2CCCN(c3ncnc4cc(-c5ccccc5)sc34)CC2)CC1.O=C(O)C(F)(F)F. The lowest BCUT2D eigenvalue weighted by Crippen LogP contribution is -2.50. The number of amides is 2. The van der Waals surface area contributed by atoms with E-state index < -0.39 is 12.1 Å². The second-order valence-corrected chi connectivity index (χ2v) is 11.4. The van der Waals surface area contributed by atoms with Crippen molar-refractivity contribution >= 4 is 39.4 Å². The van der Waals surface area contributed by atoms with Gasteiger partial charge in [-0.05, 0) is 44.7 Å². The maximum Gasteiger partial charge on any atom is 0.490 e. The summed E-state index contributed by atoms with van der Waals surface area (Å²) in [6.45, 7) is 9.76. The van der Waals surface area contributed by atoms with Gasteiger partial charge in [0.2, 0.25) is 0 Å². The fraction of sp³-hybridized carbons (Fsp3) is 0.500. The number of benzene rings is 1. The zero-order chi connectivity index (χ0) is 29.6. The molecule has 0 spiro atoms. The number of carboxylic acids is 1. The average Bonchev–Trinajstić information content (AvgIpc) is 3.24. The third-order valence-corrected chi connectivity index (χ3v) is 8.43. The van der Waals surface area contributed by atoms with E-state index >= 15 is 0 Å². The Morgan fingerprint density at radius 2 is 1.71 bits per heavy atom. The molecule has 0 saturated carbocycles. The average molecular weight is 593 g/mol. The summed E-state index contributed by atoms with van der Waals surface area (Å²) in [5.41, 5.74) is 2.19. The molecule has 0 aliphatic carbocycles. The summed E-state index contributed by atoms with van der Waals surface area (Å²) in [6, 6.07) is 13.5. The van der Waals surface area contributed by atoms with Gasteiger partial charge in [-0.2, -0.15) is 13.2 Å². The zero-order valence-electron chi connectivity index (χ0n) is 23.1. The number of carbonyl (C=O) groups excluding carboxylic acids is 1. The number of hydrogen-bond donors (Lipinski definition) is 2. The van der Waals surface area contributed by atoms with Crippen molar-refractivity contribution < 1.29 is 27.9 Å². The van der Waals surface area contributed by atoms with Gasteiger partial charge in [0.15, 0.2) is 0 Å². The second kappa shape index (κ2) is 13.5. The first-order valence-electron chi connectivity index (χ1n) is 13.7. The number of carboxylic acid groups (broad SMARTS) is 1. The van der Waals surface area contributed by atoms with E-state index in [2.05, 4.69) is 69.3 Å². The number of urea groups is 1. The van der Waals surface area contributed by atoms with E-state index in [1.54, 1.807) is 17.7 Å². The van der Waals surface area contributed by atoms with Crippen molar-refractivity contribution in [1.82, 2.24) is 25.1 Å². The molecular weight excluding hydrogens is 557 g/mol. The molecule has 5 rings (SSSR count). The van der Waals surface area contributed by atoms with Crippen LogP contribution in [0.5, 0.6) is 0 Å². The summed E-state index contributed by atoms with van der Waals surface area (Å²) in [5.74, 6) is -1.77. The molecule has 4 heterocycles. The predicted octanol–water partition coefficient (Wildman–Crippen LogP) is 5.09. The van der Waals surface area contributed by atoms with Crippen LogP contribution in [0.15, 0.2) is 42.7 Å². The summed E-state index contributed by atoms with van der Waals surface area (Å²) >= 11 is 1.75. The van der Waals surface area contributed by atoms with Crippen LogP contribution in [0, 0.1) is 0 Å². The number of piperidine rings is 1. The Labute approximate surface area is 241 Å². The van der Waals surface area contributed by atoms with Crippen LogP contribution in [0.2, 0.25) is 0 Å². The largest absolute Gasteiger partial charge is 0.490 e. The number of halogens is 3. The third kappa shape index (κ3) is 8.07. The number of nitrogens with zero attached hydrogens (tertiary/aromatic N) is 5. The van der Waals surface area contributed by atoms with Crippen LogP contribution in [0.1, 0.15) is 33.1 Å². The first-order chi connectivity index (χ1) is 19.5. The van der Waals surface area contributed by atoms with E-state index in [-0.39, 0.29) is 12.1 Å². The molecule has 222 valence electrons. The normalized spacial score (nSPS) is 17.2. The van der Waals surface area contributed by atoms with E-state index in [1.807, 2.05) is 11.0 Å². The molecule has 0 atom stereocenters. The first kappa shape index (κ1) is 30.5. The molecule has 2 fully saturated rings. The molecule has 13 heteroatoms. The number of anilines is 1. The van der Waals surface area contributed by atoms with E-state index in [0.717, 1.165) is 68.0 Å². The third-order valence-electron chi connectivity index (χ3n) is 7.26. The van der Waals surface area contributed by atoms with E-state index in [9.17, 15) is 18.0 Å². The molecular formula is C28H35F3N6O3S. The lowest BCUT2D eigenvalue weighted by molar-refractivity contribution is -0.192. The number of rotatable bonds is 4. The van der Waals surface area contributed by atoms with Crippen LogP contribution in [0.4, 0.5) is 23.8 Å². The topological polar surface area (TPSA) is 102 Å². The smallest absolute Gasteiger partial charge is 0.475 e. The Hall–Kier alpha value is -3.45. The van der Waals surface area contributed by atoms with Gasteiger partial charge >= 0.3 is 18.2 Å². The number of thiophene rings is 1. The first-order valence-corrected chi connectivity index (χ1v) is 14.5. The van der Waals surface area contributed by atoms with Gasteiger partial charge in [-0.15, -0.1) is 11.3 Å². The van der Waals surface area contributed by atoms with Crippen molar-refractivity contribution in [2.24, 2.45) is 0 Å². The number of fused-ring (bicyclic) bond motifs is 1. The van der Waals surface area contributed by atoms with Crippen molar-refractivity contribution in [3.8, 4) is 10.4 Å². The quantitative estimate of drug-likeness (QED) is 0.436. The fourth-order valence-corrected chi connectivity index (χ4v) is 6.10. The van der Waals surface area contributed by atoms with Gasteiger partial charge in [-0.25, -0.2) is 19.6 Å². The van der Waals surface area contributed by atoms with Gasteiger partial charge in [-0.3, -0.25) is 0 Å². The minimum absolute atomic E-state index is 0.0835. The molecule has 0 bridgehead atoms. The summed E-state index contributed by atoms with van der Waals surface area (Å²) in [6.07, 6.45) is -0.421. The standard InChI is InChI=1S/C26H34N6OS.C2HF3O2/c1-19(2)30-13-9-21(10-14-30)29-26(33)32-12-6-11-31(15-16-32)25-24-22(27-18-28-25)17-23(34-24)20-7-4-3-5-8-20;3-2(4,5)1(6)7/h3-5,7-8,17-19,21H,6,9-16H2,1-2H3,(H,29,33);(H,6,7). The molecule has 2 aliphatic heterocycles. The molecule has 2 aliphatic rings. The molecule has 1 aromatic carbocycles. The van der Waals surface area contributed by atoms with Gasteiger partial charge in [0.25, 0.3) is 0 Å². The second-order valence-electron chi connectivity index (χ2n) is 10.4. The Morgan fingerprint density at radius 1 is 1.02 bits per heavy atom. The van der Waals surface area contributed by atoms with Crippen molar-refractivity contribution in [2.45, 2.75) is 51.4 Å². The summed E-state index contributed by atoms with van der Waals surface area (Å²) < 4.78 is 32.9. The Balaban J connectivity index is 0.000000493. The maximum atomic E-state index is 13.0. The van der Waals surface area contributed by atoms with Crippen LogP contribution in [-0.2, 0) is 4.79 Å². The molecule has 0 unspecified atom stereocenters. The number of aliphatic carboxylic acids is 1. The number of hydrogen-bond acceptors (Lipinski definition) is 7. The molecule has 41 heavy (non-hydrogen) atoms. The number of aromatic nitrogens is 2. The molecule has 2 N–H and O–H groups in total. The van der Waals surface area contributed by atoms with Gasteiger partial charge in [-0.1, -0.05) is 30.3 Å². The van der Waals surface area contributed by atoms with Crippen LogP contribution >= 0.6 is 11.3 Å². The highest BCUT2D eigenvalue weighted by Gasteiger charge is 2.38. The minimum Gasteiger partial charge on any atom is -0.475 e. The maximum absolute atomic E-state index is 13.0. The lowest BCUT2D eigenvalue weighted by Gasteiger charge is -2.35. The summed E-state index contributed by atoms with van der Waals surface area (Å²) in [5, 5.41) is 10.4. The Kier molecular flexibility index (Phi) is 10.0. The molecule has 2 amide bonds. The molecule has 2 saturated heterocycles. The van der Waals surface area contributed by atoms with E-state index in [4.69, 9.17) is 9.90 Å². The highest BCUT2D eigenvalue weighted by atomic mass is 32.1. The predicted molar refractivity (Wildman–Crippen MR) is 153 cm³/mol. The van der Waals surface area contributed by atoms with Gasteiger partial charge in [0.1, 0.15) is 12.1 Å². The molecule has 0 radical (unpaired) electrons. The van der Waals surface area contributed by atoms with Gasteiger partial charge < -0.3 is 25.1 Å². The number of nitrogens with one attached hydrogen (secondary N) is 1. The zero-order valence-corrected chi connectivity index (χ0v) is 23.9. The van der Waals surface area contributed by atoms with Crippen LogP contribution < -0.4 is 10.2 Å². The summed E-state index contributed by atoms with van der Waals surface area (Å²) in [7, 11) is 0. The van der Waals surface area contributed by atoms with Crippen LogP contribution in [-0.4, -0.2) is 94.4 Å². The minimum atomic E-state index is -5.08. The van der Waals surface area contributed by atoms with Crippen LogP contribution in [0.3, 0.4) is 0 Å². The summed E-state index contributed by atoms with van der Waals surface area (Å²) in [4.78, 5) is 39.1. The van der Waals surface area contributed by atoms with Crippen molar-refractivity contribution in [2.75, 3.05) is 44.2 Å². The molecule has 3 aromatic rings. The van der Waals surface area contributed by atoms with Gasteiger partial charge in [0.05, 0.1) is 10.2 Å². The highest BCUT2D eigenvalue weighted by molar-refractivity contribution is 7.22. The monoisotopic (exact) mass is 592 g/mol. The Morgan fingerprint density at radius 3 is 2.34 bits per heavy atom. The van der Waals surface area contributed by atoms with Crippen molar-refractivity contribution in [3.05, 3.63) is 42.7 Å². The molecule has 2 aromatic heterocycles. The lowest BCUT2D eigenvalue weighted by atomic mass is 10.0. The van der Waals surface area contributed by atoms with Crippen LogP contribution in [0.25, 0.3) is 20.7 Å². The number of carbonyl (C=O) groups is 2. The van der Waals surface area contributed by atoms with Crippen molar-refractivity contribution in [1.29, 1.82) is 0 Å². The Bertz CT molecular complexity index is 1310. The van der Waals surface area contributed by atoms with Gasteiger partial charge in [0, 0.05) is 56.2 Å². The number of likely N-dealkylation sites (tertiary alicyclic amines) is 1. The van der Waals surface area contributed by atoms with Crippen molar-refractivity contribution in [3.63, 3.8) is 0 Å². The van der Waals surface area contributed by atoms with E-state index in [0.29, 0.717) is 12.6 Å². The van der Waals surface area contributed by atoms with E-state index in [1.165, 1.54) is 10.4 Å². The number of alkyl halides is 3. The molecule has 9 nitrogen and oxygen atoms in total. The fourth-order valence-electron chi connectivity index (χ4n) is 4.97. The highest BCUT2D eigenvalue weighted by Crippen LogP contribution is 2.37.